The first-order valence-electron chi connectivity index (χ1n) is 4.73. The lowest BCUT2D eigenvalue weighted by molar-refractivity contribution is -0.677. The average molecular weight is 271 g/mol. The number of aromatic nitrogens is 3. The second kappa shape index (κ2) is 4.77. The minimum Gasteiger partial charge on any atom is -0.237 e. The van der Waals surface area contributed by atoms with E-state index < -0.39 is 9.05 Å². The molecule has 88 valence electrons. The van der Waals surface area contributed by atoms with E-state index in [-0.39, 0.29) is 5.88 Å². The summed E-state index contributed by atoms with van der Waals surface area (Å²) in [6.45, 7) is 0. The van der Waals surface area contributed by atoms with Crippen LogP contribution in [0, 0.1) is 0 Å². The number of pyridine rings is 1. The standard InChI is InChI=1S/C10H9ClN3O2S/c11-17(15,16)8-14-6-2-9(3-7-14)10-12-4-1-5-13-10/h1-7H,8H2/q+1. The Bertz CT molecular complexity index is 599. The van der Waals surface area contributed by atoms with Gasteiger partial charge in [-0.3, -0.25) is 0 Å². The fraction of sp³-hybridized carbons (Fsp3) is 0.100. The van der Waals surface area contributed by atoms with Crippen LogP contribution in [0.5, 0.6) is 0 Å². The first kappa shape index (κ1) is 11.9. The van der Waals surface area contributed by atoms with Crippen LogP contribution in [0.1, 0.15) is 0 Å². The van der Waals surface area contributed by atoms with Gasteiger partial charge in [-0.05, 0) is 6.07 Å². The molecule has 0 aromatic carbocycles. The fourth-order valence-corrected chi connectivity index (χ4v) is 2.18. The first-order valence-corrected chi connectivity index (χ1v) is 7.21. The van der Waals surface area contributed by atoms with Gasteiger partial charge in [-0.1, -0.05) is 0 Å². The van der Waals surface area contributed by atoms with Crippen LogP contribution in [0.25, 0.3) is 11.4 Å². The molecular weight excluding hydrogens is 262 g/mol. The van der Waals surface area contributed by atoms with E-state index in [4.69, 9.17) is 10.7 Å². The molecule has 0 saturated heterocycles. The molecule has 2 rings (SSSR count). The van der Waals surface area contributed by atoms with Crippen LogP contribution in [-0.4, -0.2) is 18.4 Å². The Kier molecular flexibility index (Phi) is 3.35. The van der Waals surface area contributed by atoms with Gasteiger partial charge < -0.3 is 0 Å². The van der Waals surface area contributed by atoms with Crippen molar-refractivity contribution in [2.75, 3.05) is 0 Å². The Morgan fingerprint density at radius 2 is 1.76 bits per heavy atom. The summed E-state index contributed by atoms with van der Waals surface area (Å²) in [5.41, 5.74) is 0.814. The summed E-state index contributed by atoms with van der Waals surface area (Å²) < 4.78 is 23.2. The van der Waals surface area contributed by atoms with Gasteiger partial charge in [0.15, 0.2) is 18.2 Å². The van der Waals surface area contributed by atoms with Crippen LogP contribution < -0.4 is 4.57 Å². The van der Waals surface area contributed by atoms with Crippen molar-refractivity contribution >= 4 is 19.7 Å². The normalized spacial score (nSPS) is 11.4. The van der Waals surface area contributed by atoms with E-state index in [1.54, 1.807) is 43.0 Å². The molecule has 0 N–H and O–H groups in total. The van der Waals surface area contributed by atoms with Crippen molar-refractivity contribution in [3.63, 3.8) is 0 Å². The van der Waals surface area contributed by atoms with E-state index in [9.17, 15) is 8.42 Å². The molecule has 0 aliphatic carbocycles. The molecule has 0 bridgehead atoms. The molecule has 0 atom stereocenters. The Hall–Kier alpha value is -1.53. The predicted octanol–water partition coefficient (Wildman–Crippen LogP) is 0.957. The highest BCUT2D eigenvalue weighted by atomic mass is 35.7. The summed E-state index contributed by atoms with van der Waals surface area (Å²) >= 11 is 0. The number of nitrogens with zero attached hydrogens (tertiary/aromatic N) is 3. The number of halogens is 1. The molecule has 2 aromatic heterocycles. The van der Waals surface area contributed by atoms with Gasteiger partial charge in [0, 0.05) is 40.8 Å². The maximum absolute atomic E-state index is 10.9. The van der Waals surface area contributed by atoms with Crippen molar-refractivity contribution in [3.8, 4) is 11.4 Å². The zero-order valence-corrected chi connectivity index (χ0v) is 10.3. The van der Waals surface area contributed by atoms with E-state index in [2.05, 4.69) is 9.97 Å². The Balaban J connectivity index is 2.25. The summed E-state index contributed by atoms with van der Waals surface area (Å²) in [5, 5.41) is 0. The van der Waals surface area contributed by atoms with Gasteiger partial charge in [-0.25, -0.2) is 18.4 Å². The molecule has 7 heteroatoms. The lowest BCUT2D eigenvalue weighted by Gasteiger charge is -1.98. The van der Waals surface area contributed by atoms with Gasteiger partial charge in [0.25, 0.3) is 14.9 Å². The second-order valence-corrected chi connectivity index (χ2v) is 6.09. The van der Waals surface area contributed by atoms with Crippen LogP contribution in [0.4, 0.5) is 0 Å². The van der Waals surface area contributed by atoms with Crippen LogP contribution >= 0.6 is 10.7 Å². The van der Waals surface area contributed by atoms with Gasteiger partial charge in [-0.2, -0.15) is 4.57 Å². The van der Waals surface area contributed by atoms with Crippen molar-refractivity contribution in [2.45, 2.75) is 5.88 Å². The van der Waals surface area contributed by atoms with Gasteiger partial charge in [-0.15, -0.1) is 0 Å². The number of hydrogen-bond acceptors (Lipinski definition) is 4. The summed E-state index contributed by atoms with van der Waals surface area (Å²) in [6.07, 6.45) is 6.52. The van der Waals surface area contributed by atoms with Gasteiger partial charge in [0.05, 0.1) is 0 Å². The minimum absolute atomic E-state index is 0.259. The molecule has 0 unspecified atom stereocenters. The Morgan fingerprint density at radius 1 is 1.18 bits per heavy atom. The van der Waals surface area contributed by atoms with Crippen molar-refractivity contribution < 1.29 is 13.0 Å². The molecular formula is C10H9ClN3O2S+. The topological polar surface area (TPSA) is 63.8 Å². The highest BCUT2D eigenvalue weighted by molar-refractivity contribution is 8.12. The van der Waals surface area contributed by atoms with Crippen LogP contribution in [0.2, 0.25) is 0 Å². The molecule has 2 heterocycles. The monoisotopic (exact) mass is 270 g/mol. The lowest BCUT2D eigenvalue weighted by atomic mass is 10.2. The Labute approximate surface area is 103 Å². The molecule has 0 amide bonds. The van der Waals surface area contributed by atoms with Crippen molar-refractivity contribution in [1.29, 1.82) is 0 Å². The molecule has 17 heavy (non-hydrogen) atoms. The van der Waals surface area contributed by atoms with Gasteiger partial charge >= 0.3 is 0 Å². The minimum atomic E-state index is -3.55. The van der Waals surface area contributed by atoms with Crippen LogP contribution in [-0.2, 0) is 14.9 Å². The molecule has 0 radical (unpaired) electrons. The molecule has 0 aliphatic rings. The van der Waals surface area contributed by atoms with Gasteiger partial charge in [0.2, 0.25) is 0 Å². The van der Waals surface area contributed by atoms with Gasteiger partial charge in [0.1, 0.15) is 0 Å². The quantitative estimate of drug-likeness (QED) is 0.616. The third-order valence-electron chi connectivity index (χ3n) is 2.02. The zero-order chi connectivity index (χ0) is 12.3. The summed E-state index contributed by atoms with van der Waals surface area (Å²) in [6, 6.07) is 5.20. The fourth-order valence-electron chi connectivity index (χ4n) is 1.32. The molecule has 0 aliphatic heterocycles. The van der Waals surface area contributed by atoms with E-state index in [0.29, 0.717) is 5.82 Å². The number of rotatable bonds is 3. The SMILES string of the molecule is O=S(=O)(Cl)C[n+]1ccc(-c2ncccn2)cc1. The third-order valence-corrected chi connectivity index (χ3v) is 2.92. The smallest absolute Gasteiger partial charge is 0.237 e. The highest BCUT2D eigenvalue weighted by Gasteiger charge is 2.13. The highest BCUT2D eigenvalue weighted by Crippen LogP contribution is 2.10. The summed E-state index contributed by atoms with van der Waals surface area (Å²) in [4.78, 5) is 8.18. The number of hydrogen-bond donors (Lipinski definition) is 0. The third kappa shape index (κ3) is 3.47. The van der Waals surface area contributed by atoms with Crippen molar-refractivity contribution in [2.24, 2.45) is 0 Å². The van der Waals surface area contributed by atoms with Crippen LogP contribution in [0.3, 0.4) is 0 Å². The molecule has 0 saturated carbocycles. The first-order chi connectivity index (χ1) is 8.04. The lowest BCUT2D eigenvalue weighted by Crippen LogP contribution is -2.35. The average Bonchev–Trinajstić information content (AvgIpc) is 2.29. The van der Waals surface area contributed by atoms with E-state index in [0.717, 1.165) is 5.56 Å². The summed E-state index contributed by atoms with van der Waals surface area (Å²) in [5.74, 6) is 0.332. The van der Waals surface area contributed by atoms with Crippen molar-refractivity contribution in [1.82, 2.24) is 9.97 Å². The van der Waals surface area contributed by atoms with Crippen LogP contribution in [0.15, 0.2) is 43.0 Å². The van der Waals surface area contributed by atoms with Crippen molar-refractivity contribution in [3.05, 3.63) is 43.0 Å². The molecule has 5 nitrogen and oxygen atoms in total. The second-order valence-electron chi connectivity index (χ2n) is 3.34. The largest absolute Gasteiger partial charge is 0.293 e. The summed E-state index contributed by atoms with van der Waals surface area (Å²) in [7, 11) is 1.60. The Morgan fingerprint density at radius 3 is 2.29 bits per heavy atom. The van der Waals surface area contributed by atoms with E-state index in [1.165, 1.54) is 4.57 Å². The van der Waals surface area contributed by atoms with E-state index in [1.807, 2.05) is 0 Å². The maximum atomic E-state index is 10.9. The molecule has 0 fully saturated rings. The predicted molar refractivity (Wildman–Crippen MR) is 62.4 cm³/mol. The van der Waals surface area contributed by atoms with E-state index >= 15 is 0 Å². The zero-order valence-electron chi connectivity index (χ0n) is 8.69. The molecule has 0 spiro atoms. The molecule has 2 aromatic rings. The maximum Gasteiger partial charge on any atom is 0.293 e.